The summed E-state index contributed by atoms with van der Waals surface area (Å²) >= 11 is 0. The van der Waals surface area contributed by atoms with Gasteiger partial charge < -0.3 is 12.4 Å². The summed E-state index contributed by atoms with van der Waals surface area (Å²) in [5, 5.41) is 0. The molecule has 0 saturated heterocycles. The van der Waals surface area contributed by atoms with Crippen molar-refractivity contribution in [2.24, 2.45) is 0 Å². The zero-order valence-corrected chi connectivity index (χ0v) is 8.93. The Kier molecular flexibility index (Phi) is 269. The first kappa shape index (κ1) is 46.1. The van der Waals surface area contributed by atoms with Crippen LogP contribution >= 0.6 is 37.2 Å². The van der Waals surface area contributed by atoms with Crippen LogP contribution < -0.4 is 63.8 Å². The first-order chi connectivity index (χ1) is 0. The van der Waals surface area contributed by atoms with Crippen molar-refractivity contribution in [3.05, 3.63) is 0 Å². The summed E-state index contributed by atoms with van der Waals surface area (Å²) in [5.41, 5.74) is 0. The van der Waals surface area contributed by atoms with Gasteiger partial charge in [-0.3, -0.25) is 0 Å². The average molecular weight is 184 g/mol. The number of hydrogen-bond acceptors (Lipinski definition) is 0. The normalized spacial score (nSPS) is 0. The van der Waals surface area contributed by atoms with Crippen molar-refractivity contribution in [2.75, 3.05) is 0 Å². The smallest absolute Gasteiger partial charge is 1.00 e. The van der Waals surface area contributed by atoms with Crippen molar-refractivity contribution in [2.45, 2.75) is 0 Å². The third kappa shape index (κ3) is 20.0. The Morgan fingerprint density at radius 3 is 0.600 bits per heavy atom. The van der Waals surface area contributed by atoms with Crippen molar-refractivity contribution in [3.63, 3.8) is 0 Å². The van der Waals surface area contributed by atoms with E-state index in [1.807, 2.05) is 0 Å². The van der Waals surface area contributed by atoms with E-state index in [0.29, 0.717) is 0 Å². The summed E-state index contributed by atoms with van der Waals surface area (Å²) in [6.45, 7) is 0. The van der Waals surface area contributed by atoms with Gasteiger partial charge in [-0.05, 0) is 0 Å². The minimum absolute atomic E-state index is 0. The second-order valence-corrected chi connectivity index (χ2v) is 0. The minimum Gasteiger partial charge on any atom is -1.00 e. The SMILES string of the molecule is Cl.Cl.Cl.[Cl-].[K+]. The molecule has 0 aromatic heterocycles. The standard InChI is InChI=1S/4ClH.K/h4*1H;/q;;;;+1/p-1. The molecule has 0 radical (unpaired) electrons. The van der Waals surface area contributed by atoms with Gasteiger partial charge in [0.2, 0.25) is 0 Å². The van der Waals surface area contributed by atoms with Gasteiger partial charge in [-0.2, -0.15) is 0 Å². The first-order valence-electron chi connectivity index (χ1n) is 0. The molecule has 0 aliphatic rings. The van der Waals surface area contributed by atoms with Crippen LogP contribution in [0.4, 0.5) is 0 Å². The molecule has 0 fully saturated rings. The molecule has 0 aromatic rings. The van der Waals surface area contributed by atoms with Gasteiger partial charge in [0, 0.05) is 0 Å². The fourth-order valence-corrected chi connectivity index (χ4v) is 0. The molecular weight excluding hydrogens is 181 g/mol. The van der Waals surface area contributed by atoms with Crippen LogP contribution in [0.15, 0.2) is 0 Å². The molecule has 0 atom stereocenters. The third-order valence-corrected chi connectivity index (χ3v) is 0. The minimum atomic E-state index is 0. The molecular formula is H3Cl4K. The zero-order chi connectivity index (χ0) is 0. The summed E-state index contributed by atoms with van der Waals surface area (Å²) in [5.74, 6) is 0. The van der Waals surface area contributed by atoms with E-state index in [4.69, 9.17) is 0 Å². The van der Waals surface area contributed by atoms with E-state index in [2.05, 4.69) is 0 Å². The Balaban J connectivity index is 0. The van der Waals surface area contributed by atoms with Gasteiger partial charge >= 0.3 is 51.4 Å². The van der Waals surface area contributed by atoms with Crippen molar-refractivity contribution in [1.82, 2.24) is 0 Å². The molecule has 0 aliphatic heterocycles. The quantitative estimate of drug-likeness (QED) is 0.332. The summed E-state index contributed by atoms with van der Waals surface area (Å²) in [7, 11) is 0. The Morgan fingerprint density at radius 1 is 0.600 bits per heavy atom. The molecule has 5 heavy (non-hydrogen) atoms. The maximum Gasteiger partial charge on any atom is 1.00 e. The fourth-order valence-electron chi connectivity index (χ4n) is 0. The summed E-state index contributed by atoms with van der Waals surface area (Å²) in [6, 6.07) is 0. The molecule has 0 spiro atoms. The van der Waals surface area contributed by atoms with Gasteiger partial charge in [-0.15, -0.1) is 37.2 Å². The van der Waals surface area contributed by atoms with E-state index in [-0.39, 0.29) is 101 Å². The Morgan fingerprint density at radius 2 is 0.600 bits per heavy atom. The first-order valence-corrected chi connectivity index (χ1v) is 0. The molecule has 0 heterocycles. The van der Waals surface area contributed by atoms with Crippen LogP contribution in [0.25, 0.3) is 0 Å². The predicted octanol–water partition coefficient (Wildman–Crippen LogP) is -4.73. The maximum atomic E-state index is 0. The van der Waals surface area contributed by atoms with E-state index in [9.17, 15) is 0 Å². The Labute approximate surface area is 98.9 Å². The van der Waals surface area contributed by atoms with Gasteiger partial charge in [0.1, 0.15) is 0 Å². The van der Waals surface area contributed by atoms with E-state index < -0.39 is 0 Å². The molecule has 0 N–H and O–H groups in total. The predicted molar refractivity (Wildman–Crippen MR) is 21.7 cm³/mol. The van der Waals surface area contributed by atoms with Crippen molar-refractivity contribution in [3.8, 4) is 0 Å². The maximum absolute atomic E-state index is 0. The molecule has 0 saturated carbocycles. The van der Waals surface area contributed by atoms with Crippen LogP contribution in [0, 0.1) is 0 Å². The van der Waals surface area contributed by atoms with Crippen molar-refractivity contribution < 1.29 is 63.8 Å². The van der Waals surface area contributed by atoms with E-state index in [0.717, 1.165) is 0 Å². The van der Waals surface area contributed by atoms with Gasteiger partial charge in [0.15, 0.2) is 0 Å². The molecule has 5 heteroatoms. The van der Waals surface area contributed by atoms with Gasteiger partial charge in [-0.25, -0.2) is 0 Å². The summed E-state index contributed by atoms with van der Waals surface area (Å²) < 4.78 is 0. The summed E-state index contributed by atoms with van der Waals surface area (Å²) in [6.07, 6.45) is 0. The zero-order valence-electron chi connectivity index (χ0n) is 2.60. The van der Waals surface area contributed by atoms with Crippen LogP contribution in [0.2, 0.25) is 0 Å². The second kappa shape index (κ2) is 29.2. The van der Waals surface area contributed by atoms with E-state index in [1.54, 1.807) is 0 Å². The molecule has 32 valence electrons. The van der Waals surface area contributed by atoms with Gasteiger partial charge in [-0.1, -0.05) is 0 Å². The molecule has 0 nitrogen and oxygen atoms in total. The number of rotatable bonds is 0. The summed E-state index contributed by atoms with van der Waals surface area (Å²) in [4.78, 5) is 0. The molecule has 0 unspecified atom stereocenters. The average Bonchev–Trinajstić information content (AvgIpc) is 0. The van der Waals surface area contributed by atoms with Crippen molar-refractivity contribution >= 4 is 37.2 Å². The molecule has 0 bridgehead atoms. The topological polar surface area (TPSA) is 0 Å². The fraction of sp³-hybridized carbons (Fsp3) is 0. The monoisotopic (exact) mass is 182 g/mol. The second-order valence-electron chi connectivity index (χ2n) is 0. The van der Waals surface area contributed by atoms with Crippen LogP contribution in [-0.4, -0.2) is 0 Å². The molecule has 0 aliphatic carbocycles. The van der Waals surface area contributed by atoms with Crippen LogP contribution in [0.3, 0.4) is 0 Å². The number of hydrogen-bond donors (Lipinski definition) is 0. The van der Waals surface area contributed by atoms with Crippen LogP contribution in [0.1, 0.15) is 0 Å². The Bertz CT molecular complexity index is 3.61. The van der Waals surface area contributed by atoms with Crippen molar-refractivity contribution in [1.29, 1.82) is 0 Å². The van der Waals surface area contributed by atoms with Crippen LogP contribution in [0.5, 0.6) is 0 Å². The van der Waals surface area contributed by atoms with Crippen LogP contribution in [-0.2, 0) is 0 Å². The number of halogens is 4. The molecule has 0 aromatic carbocycles. The molecule has 0 rings (SSSR count). The third-order valence-electron chi connectivity index (χ3n) is 0. The largest absolute Gasteiger partial charge is 1.00 e. The van der Waals surface area contributed by atoms with E-state index in [1.165, 1.54) is 0 Å². The van der Waals surface area contributed by atoms with E-state index >= 15 is 0 Å². The van der Waals surface area contributed by atoms with Gasteiger partial charge in [0.25, 0.3) is 0 Å². The Hall–Kier alpha value is 2.80. The molecule has 0 amide bonds. The van der Waals surface area contributed by atoms with Gasteiger partial charge in [0.05, 0.1) is 0 Å².